The molecular formula is C16H16ClN3O2. The van der Waals surface area contributed by atoms with Crippen LogP contribution in [0, 0.1) is 0 Å². The fourth-order valence-electron chi connectivity index (χ4n) is 1.65. The quantitative estimate of drug-likeness (QED) is 0.505. The van der Waals surface area contributed by atoms with Gasteiger partial charge in [-0.15, -0.1) is 0 Å². The van der Waals surface area contributed by atoms with Crippen LogP contribution in [-0.4, -0.2) is 17.8 Å². The highest BCUT2D eigenvalue weighted by Crippen LogP contribution is 2.11. The molecule has 1 amide bonds. The van der Waals surface area contributed by atoms with Gasteiger partial charge in [0.1, 0.15) is 0 Å². The molecule has 0 saturated heterocycles. The molecule has 0 saturated carbocycles. The van der Waals surface area contributed by atoms with Crippen molar-refractivity contribution in [1.82, 2.24) is 0 Å². The van der Waals surface area contributed by atoms with Crippen LogP contribution in [0.5, 0.6) is 0 Å². The lowest BCUT2D eigenvalue weighted by molar-refractivity contribution is -0.126. The molecule has 0 spiro atoms. The molecule has 2 rings (SSSR count). The fraction of sp³-hybridized carbons (Fsp3) is 0.125. The smallest absolute Gasteiger partial charge is 0.267 e. The van der Waals surface area contributed by atoms with Gasteiger partial charge in [-0.25, -0.2) is 0 Å². The highest BCUT2D eigenvalue weighted by atomic mass is 35.5. The number of amides is 1. The van der Waals surface area contributed by atoms with Gasteiger partial charge in [0.15, 0.2) is 5.84 Å². The summed E-state index contributed by atoms with van der Waals surface area (Å²) in [5, 5.41) is 7.04. The van der Waals surface area contributed by atoms with Crippen LogP contribution in [0.3, 0.4) is 0 Å². The molecule has 6 heteroatoms. The lowest BCUT2D eigenvalue weighted by Crippen LogP contribution is -2.27. The molecule has 3 N–H and O–H groups in total. The minimum absolute atomic E-state index is 0.155. The molecule has 0 fully saturated rings. The number of para-hydroxylation sites is 1. The average Bonchev–Trinajstić information content (AvgIpc) is 2.53. The van der Waals surface area contributed by atoms with Crippen molar-refractivity contribution >= 4 is 29.0 Å². The summed E-state index contributed by atoms with van der Waals surface area (Å²) < 4.78 is 0. The summed E-state index contributed by atoms with van der Waals surface area (Å²) in [5.41, 5.74) is 7.12. The molecule has 0 aliphatic heterocycles. The fourth-order valence-corrected chi connectivity index (χ4v) is 1.84. The van der Waals surface area contributed by atoms with E-state index in [-0.39, 0.29) is 11.7 Å². The number of anilines is 1. The number of hydrogen-bond donors (Lipinski definition) is 2. The predicted octanol–water partition coefficient (Wildman–Crippen LogP) is 3.00. The van der Waals surface area contributed by atoms with Crippen molar-refractivity contribution in [2.75, 3.05) is 5.32 Å². The maximum atomic E-state index is 11.9. The number of oxime groups is 1. The Hall–Kier alpha value is -2.53. The summed E-state index contributed by atoms with van der Waals surface area (Å²) in [5.74, 6) is -0.157. The highest BCUT2D eigenvalue weighted by Gasteiger charge is 2.14. The molecule has 5 nitrogen and oxygen atoms in total. The second kappa shape index (κ2) is 7.47. The van der Waals surface area contributed by atoms with E-state index in [0.29, 0.717) is 16.3 Å². The molecule has 114 valence electrons. The Morgan fingerprint density at radius 3 is 2.64 bits per heavy atom. The van der Waals surface area contributed by atoms with E-state index >= 15 is 0 Å². The second-order valence-electron chi connectivity index (χ2n) is 4.59. The van der Waals surface area contributed by atoms with Crippen molar-refractivity contribution in [3.63, 3.8) is 0 Å². The lowest BCUT2D eigenvalue weighted by Gasteiger charge is -2.11. The summed E-state index contributed by atoms with van der Waals surface area (Å²) in [7, 11) is 0. The number of carbonyl (C=O) groups is 1. The molecule has 0 aliphatic rings. The first-order chi connectivity index (χ1) is 10.6. The summed E-state index contributed by atoms with van der Waals surface area (Å²) >= 11 is 5.88. The normalized spacial score (nSPS) is 12.5. The van der Waals surface area contributed by atoms with E-state index in [1.54, 1.807) is 43.3 Å². The Morgan fingerprint density at radius 1 is 1.23 bits per heavy atom. The number of hydrogen-bond acceptors (Lipinski definition) is 3. The molecule has 0 radical (unpaired) electrons. The van der Waals surface area contributed by atoms with Crippen LogP contribution >= 0.6 is 11.6 Å². The minimum Gasteiger partial charge on any atom is -0.381 e. The van der Waals surface area contributed by atoms with E-state index in [1.807, 2.05) is 18.2 Å². The number of amidine groups is 1. The monoisotopic (exact) mass is 317 g/mol. The van der Waals surface area contributed by atoms with Gasteiger partial charge in [-0.3, -0.25) is 4.79 Å². The van der Waals surface area contributed by atoms with E-state index in [0.717, 1.165) is 0 Å². The molecule has 0 aromatic heterocycles. The summed E-state index contributed by atoms with van der Waals surface area (Å²) in [6, 6.07) is 16.0. The number of nitrogens with two attached hydrogens (primary N) is 1. The summed E-state index contributed by atoms with van der Waals surface area (Å²) in [4.78, 5) is 17.1. The van der Waals surface area contributed by atoms with Gasteiger partial charge in [0, 0.05) is 16.3 Å². The molecular weight excluding hydrogens is 302 g/mol. The van der Waals surface area contributed by atoms with Gasteiger partial charge >= 0.3 is 0 Å². The molecule has 2 aromatic rings. The van der Waals surface area contributed by atoms with E-state index in [2.05, 4.69) is 10.5 Å². The average molecular weight is 318 g/mol. The molecule has 0 bridgehead atoms. The molecule has 1 unspecified atom stereocenters. The number of nitrogens with zero attached hydrogens (tertiary/aromatic N) is 1. The van der Waals surface area contributed by atoms with Crippen LogP contribution < -0.4 is 11.1 Å². The molecule has 2 aromatic carbocycles. The number of halogens is 1. The number of benzene rings is 2. The van der Waals surface area contributed by atoms with Crippen LogP contribution in [0.1, 0.15) is 12.5 Å². The van der Waals surface area contributed by atoms with Gasteiger partial charge in [0.2, 0.25) is 6.10 Å². The third kappa shape index (κ3) is 4.49. The first-order valence-electron chi connectivity index (χ1n) is 6.67. The summed E-state index contributed by atoms with van der Waals surface area (Å²) in [6.07, 6.45) is -0.780. The van der Waals surface area contributed by atoms with Crippen molar-refractivity contribution in [2.45, 2.75) is 13.0 Å². The Labute approximate surface area is 133 Å². The first kappa shape index (κ1) is 15.9. The van der Waals surface area contributed by atoms with Crippen molar-refractivity contribution in [3.8, 4) is 0 Å². The zero-order valence-electron chi connectivity index (χ0n) is 12.0. The van der Waals surface area contributed by atoms with Crippen LogP contribution in [0.25, 0.3) is 0 Å². The van der Waals surface area contributed by atoms with Crippen molar-refractivity contribution in [1.29, 1.82) is 0 Å². The third-order valence-corrected chi connectivity index (χ3v) is 3.08. The number of nitrogens with one attached hydrogen (secondary N) is 1. The topological polar surface area (TPSA) is 76.7 Å². The second-order valence-corrected chi connectivity index (χ2v) is 5.03. The maximum absolute atomic E-state index is 11.9. The summed E-state index contributed by atoms with van der Waals surface area (Å²) in [6.45, 7) is 1.59. The van der Waals surface area contributed by atoms with Crippen LogP contribution in [-0.2, 0) is 9.63 Å². The Bertz CT molecular complexity index is 674. The lowest BCUT2D eigenvalue weighted by atomic mass is 10.2. The third-order valence-electron chi connectivity index (χ3n) is 2.84. The maximum Gasteiger partial charge on any atom is 0.267 e. The molecule has 0 heterocycles. The van der Waals surface area contributed by atoms with Gasteiger partial charge in [-0.1, -0.05) is 47.1 Å². The predicted molar refractivity (Wildman–Crippen MR) is 87.8 cm³/mol. The number of rotatable bonds is 5. The molecule has 22 heavy (non-hydrogen) atoms. The van der Waals surface area contributed by atoms with Crippen molar-refractivity contribution in [2.24, 2.45) is 10.9 Å². The van der Waals surface area contributed by atoms with E-state index in [9.17, 15) is 4.79 Å². The van der Waals surface area contributed by atoms with Crippen molar-refractivity contribution < 1.29 is 9.63 Å². The van der Waals surface area contributed by atoms with Crippen LogP contribution in [0.2, 0.25) is 5.02 Å². The van der Waals surface area contributed by atoms with Gasteiger partial charge in [0.25, 0.3) is 5.91 Å². The van der Waals surface area contributed by atoms with Gasteiger partial charge in [-0.05, 0) is 31.2 Å². The number of carbonyl (C=O) groups excluding carboxylic acids is 1. The van der Waals surface area contributed by atoms with Crippen molar-refractivity contribution in [3.05, 3.63) is 65.2 Å². The molecule has 1 atom stereocenters. The van der Waals surface area contributed by atoms with Crippen LogP contribution in [0.4, 0.5) is 5.69 Å². The minimum atomic E-state index is -0.780. The largest absolute Gasteiger partial charge is 0.381 e. The highest BCUT2D eigenvalue weighted by molar-refractivity contribution is 6.31. The Balaban J connectivity index is 1.95. The van der Waals surface area contributed by atoms with Gasteiger partial charge in [0.05, 0.1) is 0 Å². The Kier molecular flexibility index (Phi) is 5.38. The van der Waals surface area contributed by atoms with E-state index in [4.69, 9.17) is 22.2 Å². The van der Waals surface area contributed by atoms with Crippen LogP contribution in [0.15, 0.2) is 59.8 Å². The van der Waals surface area contributed by atoms with Gasteiger partial charge < -0.3 is 15.9 Å². The van der Waals surface area contributed by atoms with E-state index < -0.39 is 6.10 Å². The van der Waals surface area contributed by atoms with Gasteiger partial charge in [-0.2, -0.15) is 0 Å². The first-order valence-corrected chi connectivity index (χ1v) is 7.05. The Morgan fingerprint density at radius 2 is 1.95 bits per heavy atom. The zero-order chi connectivity index (χ0) is 15.9. The van der Waals surface area contributed by atoms with E-state index in [1.165, 1.54) is 0 Å². The molecule has 0 aliphatic carbocycles. The SMILES string of the molecule is CC(O/N=C(\N)c1cccc(Cl)c1)C(=O)Nc1ccccc1. The standard InChI is InChI=1S/C16H16ClN3O2/c1-11(16(21)19-14-8-3-2-4-9-14)22-20-15(18)12-6-5-7-13(17)10-12/h2-11H,1H3,(H2,18,20)(H,19,21). The zero-order valence-corrected chi connectivity index (χ0v) is 12.7.